The number of hydrogen-bond donors (Lipinski definition) is 1. The summed E-state index contributed by atoms with van der Waals surface area (Å²) in [5, 5.41) is 29.9. The molecule has 1 N–H and O–H groups in total. The van der Waals surface area contributed by atoms with E-state index in [4.69, 9.17) is 12.2 Å². The van der Waals surface area contributed by atoms with Gasteiger partial charge in [0.1, 0.15) is 5.71 Å². The van der Waals surface area contributed by atoms with E-state index in [9.17, 15) is 15.2 Å². The molecule has 2 aliphatic rings. The number of nitrogens with zero attached hydrogens (tertiary/aromatic N) is 4. The number of nitro groups is 1. The standard InChI is InChI=1S/C19H18N4O3S2/c24-18-16(28-19(27)22(18)14-6-2-1-3-7-14)10-13-11-20-21-17(13)12-5-4-8-15(9-12)23(25)26/h4-5,8-11,14,24H,1-3,6-7H2/b13-10+. The van der Waals surface area contributed by atoms with Crippen LogP contribution in [0.15, 0.2) is 40.0 Å². The molecular weight excluding hydrogens is 396 g/mol. The van der Waals surface area contributed by atoms with Gasteiger partial charge >= 0.3 is 0 Å². The molecule has 0 amide bonds. The number of nitro benzene ring substituents is 1. The molecule has 4 rings (SSSR count). The van der Waals surface area contributed by atoms with E-state index in [1.165, 1.54) is 29.9 Å². The molecule has 1 aliphatic carbocycles. The monoisotopic (exact) mass is 414 g/mol. The van der Waals surface area contributed by atoms with E-state index < -0.39 is 4.92 Å². The lowest BCUT2D eigenvalue weighted by Crippen LogP contribution is -2.12. The van der Waals surface area contributed by atoms with Crippen LogP contribution in [0.4, 0.5) is 5.69 Å². The molecule has 0 atom stereocenters. The van der Waals surface area contributed by atoms with Crippen molar-refractivity contribution in [2.75, 3.05) is 0 Å². The van der Waals surface area contributed by atoms with Gasteiger partial charge < -0.3 is 5.11 Å². The van der Waals surface area contributed by atoms with E-state index in [1.807, 2.05) is 4.57 Å². The highest BCUT2D eigenvalue weighted by atomic mass is 32.1. The van der Waals surface area contributed by atoms with Crippen molar-refractivity contribution in [2.24, 2.45) is 10.2 Å². The van der Waals surface area contributed by atoms with Crippen molar-refractivity contribution in [3.8, 4) is 5.88 Å². The Bertz CT molecular complexity index is 1080. The first kappa shape index (κ1) is 18.7. The molecule has 1 aromatic heterocycles. The topological polar surface area (TPSA) is 93.0 Å². The van der Waals surface area contributed by atoms with Crippen molar-refractivity contribution >= 4 is 47.2 Å². The highest BCUT2D eigenvalue weighted by Gasteiger charge is 2.23. The Morgan fingerprint density at radius 3 is 2.86 bits per heavy atom. The van der Waals surface area contributed by atoms with Crippen molar-refractivity contribution < 1.29 is 10.0 Å². The molecule has 0 spiro atoms. The van der Waals surface area contributed by atoms with Crippen LogP contribution in [0.2, 0.25) is 0 Å². The number of rotatable bonds is 4. The molecule has 28 heavy (non-hydrogen) atoms. The van der Waals surface area contributed by atoms with Gasteiger partial charge in [0.15, 0.2) is 3.95 Å². The minimum atomic E-state index is -0.440. The second kappa shape index (κ2) is 7.76. The molecule has 0 unspecified atom stereocenters. The molecule has 2 heterocycles. The third-order valence-corrected chi connectivity index (χ3v) is 6.37. The van der Waals surface area contributed by atoms with E-state index in [1.54, 1.807) is 24.4 Å². The maximum Gasteiger partial charge on any atom is 0.270 e. The van der Waals surface area contributed by atoms with Crippen molar-refractivity contribution in [1.29, 1.82) is 0 Å². The van der Waals surface area contributed by atoms with Crippen LogP contribution in [0.3, 0.4) is 0 Å². The Kier molecular flexibility index (Phi) is 5.19. The van der Waals surface area contributed by atoms with Gasteiger partial charge in [-0.1, -0.05) is 31.4 Å². The maximum absolute atomic E-state index is 11.0. The quantitative estimate of drug-likeness (QED) is 0.419. The number of aromatic nitrogens is 1. The number of thiazole rings is 1. The number of aromatic hydroxyl groups is 1. The fourth-order valence-electron chi connectivity index (χ4n) is 3.66. The Hall–Kier alpha value is -2.65. The lowest BCUT2D eigenvalue weighted by atomic mass is 9.95. The van der Waals surface area contributed by atoms with Gasteiger partial charge in [-0.15, -0.1) is 16.4 Å². The molecule has 1 aliphatic heterocycles. The van der Waals surface area contributed by atoms with Gasteiger partial charge in [-0.3, -0.25) is 14.7 Å². The van der Waals surface area contributed by atoms with E-state index in [0.717, 1.165) is 25.7 Å². The summed E-state index contributed by atoms with van der Waals surface area (Å²) in [6.07, 6.45) is 8.95. The number of allylic oxidation sites excluding steroid dienone is 1. The molecule has 1 aromatic carbocycles. The van der Waals surface area contributed by atoms with Gasteiger partial charge in [0.25, 0.3) is 5.69 Å². The van der Waals surface area contributed by atoms with Gasteiger partial charge in [0.05, 0.1) is 16.0 Å². The van der Waals surface area contributed by atoms with Crippen molar-refractivity contribution in [1.82, 2.24) is 4.57 Å². The van der Waals surface area contributed by atoms with E-state index in [2.05, 4.69) is 10.2 Å². The van der Waals surface area contributed by atoms with E-state index >= 15 is 0 Å². The highest BCUT2D eigenvalue weighted by molar-refractivity contribution is 7.73. The third-order valence-electron chi connectivity index (χ3n) is 5.03. The zero-order chi connectivity index (χ0) is 19.7. The van der Waals surface area contributed by atoms with Gasteiger partial charge in [-0.05, 0) is 31.1 Å². The Labute approximate surface area is 170 Å². The summed E-state index contributed by atoms with van der Waals surface area (Å²) < 4.78 is 2.52. The first-order valence-corrected chi connectivity index (χ1v) is 10.3. The summed E-state index contributed by atoms with van der Waals surface area (Å²) in [7, 11) is 0. The van der Waals surface area contributed by atoms with Crippen molar-refractivity contribution in [3.05, 3.63) is 54.3 Å². The van der Waals surface area contributed by atoms with Crippen molar-refractivity contribution in [3.63, 3.8) is 0 Å². The maximum atomic E-state index is 11.0. The Balaban J connectivity index is 1.68. The normalized spacial score (nSPS) is 18.6. The summed E-state index contributed by atoms with van der Waals surface area (Å²) in [4.78, 5) is 11.3. The summed E-state index contributed by atoms with van der Waals surface area (Å²) >= 11 is 6.86. The third kappa shape index (κ3) is 3.55. The number of hydrogen-bond acceptors (Lipinski definition) is 7. The van der Waals surface area contributed by atoms with Gasteiger partial charge in [-0.2, -0.15) is 5.10 Å². The molecular formula is C19H18N4O3S2. The molecule has 1 fully saturated rings. The van der Waals surface area contributed by atoms with Gasteiger partial charge in [0, 0.05) is 29.3 Å². The molecule has 2 aromatic rings. The van der Waals surface area contributed by atoms with E-state index in [0.29, 0.717) is 25.7 Å². The summed E-state index contributed by atoms with van der Waals surface area (Å²) in [5.41, 5.74) is 1.82. The van der Waals surface area contributed by atoms with Crippen molar-refractivity contribution in [2.45, 2.75) is 38.1 Å². The zero-order valence-electron chi connectivity index (χ0n) is 14.9. The lowest BCUT2D eigenvalue weighted by molar-refractivity contribution is -0.384. The van der Waals surface area contributed by atoms with Gasteiger partial charge in [0.2, 0.25) is 5.88 Å². The molecule has 9 heteroatoms. The van der Waals surface area contributed by atoms with Crippen LogP contribution < -0.4 is 0 Å². The van der Waals surface area contributed by atoms with E-state index in [-0.39, 0.29) is 17.6 Å². The molecule has 7 nitrogen and oxygen atoms in total. The predicted octanol–water partition coefficient (Wildman–Crippen LogP) is 5.27. The summed E-state index contributed by atoms with van der Waals surface area (Å²) in [6, 6.07) is 6.52. The minimum Gasteiger partial charge on any atom is -0.493 e. The van der Waals surface area contributed by atoms with Crippen LogP contribution in [-0.4, -0.2) is 26.5 Å². The average molecular weight is 415 g/mol. The van der Waals surface area contributed by atoms with Crippen LogP contribution in [0, 0.1) is 14.1 Å². The van der Waals surface area contributed by atoms with Crippen LogP contribution in [-0.2, 0) is 0 Å². The molecule has 144 valence electrons. The molecule has 0 radical (unpaired) electrons. The van der Waals surface area contributed by atoms with Crippen LogP contribution in [0.5, 0.6) is 5.88 Å². The average Bonchev–Trinajstić information content (AvgIpc) is 3.27. The van der Waals surface area contributed by atoms with Gasteiger partial charge in [-0.25, -0.2) is 0 Å². The smallest absolute Gasteiger partial charge is 0.270 e. The number of non-ortho nitro benzene ring substituents is 1. The fourth-order valence-corrected chi connectivity index (χ4v) is 5.06. The number of benzene rings is 1. The lowest BCUT2D eigenvalue weighted by Gasteiger charge is -2.23. The van der Waals surface area contributed by atoms with Crippen LogP contribution in [0.25, 0.3) is 6.08 Å². The zero-order valence-corrected chi connectivity index (χ0v) is 16.6. The summed E-state index contributed by atoms with van der Waals surface area (Å²) in [6.45, 7) is 0. The Morgan fingerprint density at radius 1 is 1.32 bits per heavy atom. The molecule has 0 saturated heterocycles. The minimum absolute atomic E-state index is 0.00611. The van der Waals surface area contributed by atoms with Crippen LogP contribution in [0.1, 0.15) is 48.6 Å². The fraction of sp³-hybridized carbons (Fsp3) is 0.316. The molecule has 1 saturated carbocycles. The first-order chi connectivity index (χ1) is 13.5. The first-order valence-electron chi connectivity index (χ1n) is 9.07. The second-order valence-corrected chi connectivity index (χ2v) is 8.49. The predicted molar refractivity (Wildman–Crippen MR) is 113 cm³/mol. The largest absolute Gasteiger partial charge is 0.493 e. The SMILES string of the molecule is O=[N+]([O-])c1cccc(C2=NN=C/C2=C\c2sc(=S)n(C3CCCCC3)c2O)c1. The second-order valence-electron chi connectivity index (χ2n) is 6.82. The Morgan fingerprint density at radius 2 is 2.11 bits per heavy atom. The highest BCUT2D eigenvalue weighted by Crippen LogP contribution is 2.37. The molecule has 0 bridgehead atoms. The van der Waals surface area contributed by atoms with Crippen LogP contribution >= 0.6 is 23.6 Å². The summed E-state index contributed by atoms with van der Waals surface area (Å²) in [5.74, 6) is 0.174.